The summed E-state index contributed by atoms with van der Waals surface area (Å²) in [7, 11) is 0. The maximum absolute atomic E-state index is 12.1. The molecule has 3 N–H and O–H groups in total. The molecule has 0 aromatic heterocycles. The lowest BCUT2D eigenvalue weighted by atomic mass is 10.0. The SMILES string of the molecule is CCCC(N)CC(=O)N1CCC(NC(=O)C2CC2)CC1. The zero-order chi connectivity index (χ0) is 14.5. The summed E-state index contributed by atoms with van der Waals surface area (Å²) in [5.74, 6) is 0.638. The molecule has 5 heteroatoms. The molecule has 2 aliphatic rings. The molecule has 0 aromatic carbocycles. The Morgan fingerprint density at radius 3 is 2.45 bits per heavy atom. The molecule has 5 nitrogen and oxygen atoms in total. The molecule has 114 valence electrons. The van der Waals surface area contributed by atoms with Gasteiger partial charge < -0.3 is 16.0 Å². The molecule has 1 heterocycles. The van der Waals surface area contributed by atoms with Crippen LogP contribution in [0.2, 0.25) is 0 Å². The number of rotatable bonds is 6. The summed E-state index contributed by atoms with van der Waals surface area (Å²) in [6.07, 6.45) is 6.19. The maximum Gasteiger partial charge on any atom is 0.224 e. The Morgan fingerprint density at radius 1 is 1.25 bits per heavy atom. The highest BCUT2D eigenvalue weighted by atomic mass is 16.2. The summed E-state index contributed by atoms with van der Waals surface area (Å²) in [6.45, 7) is 3.57. The summed E-state index contributed by atoms with van der Waals surface area (Å²) < 4.78 is 0. The van der Waals surface area contributed by atoms with Crippen LogP contribution in [-0.2, 0) is 9.59 Å². The van der Waals surface area contributed by atoms with Crippen LogP contribution in [0.4, 0.5) is 0 Å². The Morgan fingerprint density at radius 2 is 1.90 bits per heavy atom. The second-order valence-corrected chi connectivity index (χ2v) is 6.19. The molecule has 1 atom stereocenters. The monoisotopic (exact) mass is 281 g/mol. The third-order valence-corrected chi connectivity index (χ3v) is 4.24. The molecule has 0 aromatic rings. The van der Waals surface area contributed by atoms with E-state index in [1.165, 1.54) is 0 Å². The van der Waals surface area contributed by atoms with E-state index < -0.39 is 0 Å². The van der Waals surface area contributed by atoms with Crippen molar-refractivity contribution >= 4 is 11.8 Å². The van der Waals surface area contributed by atoms with Gasteiger partial charge in [-0.2, -0.15) is 0 Å². The average molecular weight is 281 g/mol. The van der Waals surface area contributed by atoms with Crippen molar-refractivity contribution in [3.05, 3.63) is 0 Å². The van der Waals surface area contributed by atoms with Crippen LogP contribution >= 0.6 is 0 Å². The zero-order valence-electron chi connectivity index (χ0n) is 12.4. The molecule has 1 unspecified atom stereocenters. The average Bonchev–Trinajstić information content (AvgIpc) is 3.24. The Labute approximate surface area is 121 Å². The summed E-state index contributed by atoms with van der Waals surface area (Å²) in [5, 5.41) is 3.10. The summed E-state index contributed by atoms with van der Waals surface area (Å²) >= 11 is 0. The number of hydrogen-bond donors (Lipinski definition) is 2. The Bertz CT molecular complexity index is 347. The molecule has 1 aliphatic carbocycles. The quantitative estimate of drug-likeness (QED) is 0.763. The molecule has 20 heavy (non-hydrogen) atoms. The number of hydrogen-bond acceptors (Lipinski definition) is 3. The lowest BCUT2D eigenvalue weighted by Crippen LogP contribution is -2.47. The second kappa shape index (κ2) is 7.07. The van der Waals surface area contributed by atoms with Crippen molar-refractivity contribution in [3.63, 3.8) is 0 Å². The lowest BCUT2D eigenvalue weighted by molar-refractivity contribution is -0.132. The fraction of sp³-hybridized carbons (Fsp3) is 0.867. The molecule has 2 amide bonds. The van der Waals surface area contributed by atoms with Crippen LogP contribution in [0.5, 0.6) is 0 Å². The van der Waals surface area contributed by atoms with E-state index in [0.29, 0.717) is 6.42 Å². The first-order valence-corrected chi connectivity index (χ1v) is 7.94. The minimum Gasteiger partial charge on any atom is -0.353 e. The van der Waals surface area contributed by atoms with Crippen molar-refractivity contribution in [2.24, 2.45) is 11.7 Å². The highest BCUT2D eigenvalue weighted by Gasteiger charge is 2.32. The van der Waals surface area contributed by atoms with E-state index in [1.54, 1.807) is 0 Å². The van der Waals surface area contributed by atoms with Crippen molar-refractivity contribution in [1.82, 2.24) is 10.2 Å². The van der Waals surface area contributed by atoms with Crippen molar-refractivity contribution in [2.75, 3.05) is 13.1 Å². The van der Waals surface area contributed by atoms with Gasteiger partial charge in [0.25, 0.3) is 0 Å². The van der Waals surface area contributed by atoms with Gasteiger partial charge in [-0.3, -0.25) is 9.59 Å². The smallest absolute Gasteiger partial charge is 0.224 e. The number of nitrogens with two attached hydrogens (primary N) is 1. The number of carbonyl (C=O) groups is 2. The molecule has 1 aliphatic heterocycles. The minimum atomic E-state index is -0.0141. The van der Waals surface area contributed by atoms with Crippen molar-refractivity contribution in [2.45, 2.75) is 64.0 Å². The Hall–Kier alpha value is -1.10. The fourth-order valence-corrected chi connectivity index (χ4v) is 2.76. The van der Waals surface area contributed by atoms with Gasteiger partial charge >= 0.3 is 0 Å². The van der Waals surface area contributed by atoms with E-state index in [0.717, 1.165) is 51.6 Å². The van der Waals surface area contributed by atoms with Crippen molar-refractivity contribution in [3.8, 4) is 0 Å². The minimum absolute atomic E-state index is 0.0141. The molecular formula is C15H27N3O2. The largest absolute Gasteiger partial charge is 0.353 e. The zero-order valence-corrected chi connectivity index (χ0v) is 12.4. The Kier molecular flexibility index (Phi) is 5.40. The van der Waals surface area contributed by atoms with Crippen LogP contribution in [-0.4, -0.2) is 41.9 Å². The van der Waals surface area contributed by atoms with Crippen molar-refractivity contribution in [1.29, 1.82) is 0 Å². The normalized spacial score (nSPS) is 21.6. The summed E-state index contributed by atoms with van der Waals surface area (Å²) in [6, 6.07) is 0.233. The van der Waals surface area contributed by atoms with Crippen LogP contribution in [0.3, 0.4) is 0 Å². The van der Waals surface area contributed by atoms with Crippen LogP contribution in [0.15, 0.2) is 0 Å². The predicted molar refractivity (Wildman–Crippen MR) is 78.0 cm³/mol. The van der Waals surface area contributed by atoms with Gasteiger partial charge in [0.2, 0.25) is 11.8 Å². The first-order valence-electron chi connectivity index (χ1n) is 7.94. The molecule has 2 fully saturated rings. The third-order valence-electron chi connectivity index (χ3n) is 4.24. The third kappa shape index (κ3) is 4.47. The van der Waals surface area contributed by atoms with Crippen molar-refractivity contribution < 1.29 is 9.59 Å². The second-order valence-electron chi connectivity index (χ2n) is 6.19. The van der Waals surface area contributed by atoms with Crippen LogP contribution in [0, 0.1) is 5.92 Å². The molecule has 1 saturated carbocycles. The predicted octanol–water partition coefficient (Wildman–Crippen LogP) is 1.02. The summed E-state index contributed by atoms with van der Waals surface area (Å²) in [4.78, 5) is 25.7. The van der Waals surface area contributed by atoms with E-state index in [4.69, 9.17) is 5.73 Å². The van der Waals surface area contributed by atoms with E-state index in [1.807, 2.05) is 4.90 Å². The van der Waals surface area contributed by atoms with Crippen LogP contribution in [0.25, 0.3) is 0 Å². The van der Waals surface area contributed by atoms with Gasteiger partial charge in [0.15, 0.2) is 0 Å². The molecule has 2 rings (SSSR count). The van der Waals surface area contributed by atoms with Gasteiger partial charge in [0.1, 0.15) is 0 Å². The first-order chi connectivity index (χ1) is 9.60. The highest BCUT2D eigenvalue weighted by molar-refractivity contribution is 5.81. The highest BCUT2D eigenvalue weighted by Crippen LogP contribution is 2.29. The van der Waals surface area contributed by atoms with Gasteiger partial charge in [-0.1, -0.05) is 13.3 Å². The number of nitrogens with zero attached hydrogens (tertiary/aromatic N) is 1. The first kappa shape index (κ1) is 15.3. The van der Waals surface area contributed by atoms with E-state index in [9.17, 15) is 9.59 Å². The number of amides is 2. The standard InChI is InChI=1S/C15H27N3O2/c1-2-3-12(16)10-14(19)18-8-6-13(7-9-18)17-15(20)11-4-5-11/h11-13H,2-10,16H2,1H3,(H,17,20). The van der Waals surface area contributed by atoms with E-state index >= 15 is 0 Å². The molecule has 1 saturated heterocycles. The van der Waals surface area contributed by atoms with E-state index in [-0.39, 0.29) is 29.8 Å². The van der Waals surface area contributed by atoms with Gasteiger partial charge in [-0.25, -0.2) is 0 Å². The van der Waals surface area contributed by atoms with Gasteiger partial charge in [-0.15, -0.1) is 0 Å². The maximum atomic E-state index is 12.1. The van der Waals surface area contributed by atoms with Gasteiger partial charge in [0.05, 0.1) is 0 Å². The lowest BCUT2D eigenvalue weighted by Gasteiger charge is -2.33. The molecule has 0 spiro atoms. The van der Waals surface area contributed by atoms with Crippen LogP contribution in [0.1, 0.15) is 51.9 Å². The summed E-state index contributed by atoms with van der Waals surface area (Å²) in [5.41, 5.74) is 5.92. The Balaban J connectivity index is 1.67. The van der Waals surface area contributed by atoms with Gasteiger partial charge in [0, 0.05) is 37.5 Å². The topological polar surface area (TPSA) is 75.4 Å². The number of piperidine rings is 1. The molecule has 0 bridgehead atoms. The number of nitrogens with one attached hydrogen (secondary N) is 1. The van der Waals surface area contributed by atoms with Gasteiger partial charge in [-0.05, 0) is 32.1 Å². The molecule has 0 radical (unpaired) electrons. The fourth-order valence-electron chi connectivity index (χ4n) is 2.76. The van der Waals surface area contributed by atoms with E-state index in [2.05, 4.69) is 12.2 Å². The number of carbonyl (C=O) groups excluding carboxylic acids is 2. The van der Waals surface area contributed by atoms with Crippen LogP contribution < -0.4 is 11.1 Å². The molecular weight excluding hydrogens is 254 g/mol. The number of likely N-dealkylation sites (tertiary alicyclic amines) is 1.